The van der Waals surface area contributed by atoms with Gasteiger partial charge in [-0.15, -0.1) is 0 Å². The predicted molar refractivity (Wildman–Crippen MR) is 126 cm³/mol. The monoisotopic (exact) mass is 439 g/mol. The lowest BCUT2D eigenvalue weighted by molar-refractivity contribution is 0.0518. The molecule has 0 saturated heterocycles. The highest BCUT2D eigenvalue weighted by atomic mass is 16.5. The number of nitrogens with one attached hydrogen (secondary N) is 1. The highest BCUT2D eigenvalue weighted by molar-refractivity contribution is 6.07. The van der Waals surface area contributed by atoms with E-state index in [1.54, 1.807) is 49.4 Å². The second kappa shape index (κ2) is 9.74. The van der Waals surface area contributed by atoms with Crippen molar-refractivity contribution in [2.45, 2.75) is 6.92 Å². The Labute approximate surface area is 190 Å². The van der Waals surface area contributed by atoms with Crippen LogP contribution < -0.4 is 10.9 Å². The smallest absolute Gasteiger partial charge is 0.360 e. The molecule has 0 saturated carbocycles. The van der Waals surface area contributed by atoms with Crippen LogP contribution in [0.4, 0.5) is 5.69 Å². The highest BCUT2D eigenvalue weighted by Crippen LogP contribution is 2.20. The van der Waals surface area contributed by atoms with Crippen molar-refractivity contribution >= 4 is 17.6 Å². The molecule has 164 valence electrons. The Morgan fingerprint density at radius 3 is 2.12 bits per heavy atom. The quantitative estimate of drug-likeness (QED) is 0.452. The fourth-order valence-electron chi connectivity index (χ4n) is 3.29. The summed E-state index contributed by atoms with van der Waals surface area (Å²) >= 11 is 0. The fourth-order valence-corrected chi connectivity index (χ4v) is 3.29. The Morgan fingerprint density at radius 1 is 0.879 bits per heavy atom. The molecule has 4 rings (SSSR count). The lowest BCUT2D eigenvalue weighted by Crippen LogP contribution is -2.27. The van der Waals surface area contributed by atoms with Crippen LogP contribution in [0, 0.1) is 0 Å². The molecule has 0 atom stereocenters. The van der Waals surface area contributed by atoms with Gasteiger partial charge < -0.3 is 10.1 Å². The van der Waals surface area contributed by atoms with Gasteiger partial charge in [0.25, 0.3) is 11.5 Å². The standard InChI is InChI=1S/C26H21N3O4/c1-2-33-26(32)24-22(17-23(30)29(28-24)21-11-7-4-8-12-21)27-25(31)20-15-13-19(14-16-20)18-9-5-3-6-10-18/h3-17H,2H2,1H3,(H,27,31). The molecule has 1 heterocycles. The van der Waals surface area contributed by atoms with E-state index in [0.717, 1.165) is 15.8 Å². The van der Waals surface area contributed by atoms with Gasteiger partial charge in [0.1, 0.15) is 0 Å². The largest absolute Gasteiger partial charge is 0.461 e. The van der Waals surface area contributed by atoms with Crippen molar-refractivity contribution in [1.82, 2.24) is 9.78 Å². The summed E-state index contributed by atoms with van der Waals surface area (Å²) in [6.45, 7) is 1.79. The average molecular weight is 439 g/mol. The number of carbonyl (C=O) groups excluding carboxylic acids is 2. The number of para-hydroxylation sites is 1. The van der Waals surface area contributed by atoms with Crippen molar-refractivity contribution in [3.8, 4) is 16.8 Å². The second-order valence-corrected chi connectivity index (χ2v) is 7.11. The van der Waals surface area contributed by atoms with Crippen LogP contribution >= 0.6 is 0 Å². The summed E-state index contributed by atoms with van der Waals surface area (Å²) < 4.78 is 6.18. The van der Waals surface area contributed by atoms with Crippen molar-refractivity contribution in [3.63, 3.8) is 0 Å². The third kappa shape index (κ3) is 4.88. The van der Waals surface area contributed by atoms with E-state index in [1.165, 1.54) is 6.07 Å². The molecule has 33 heavy (non-hydrogen) atoms. The number of benzene rings is 3. The van der Waals surface area contributed by atoms with Crippen LogP contribution in [-0.2, 0) is 4.74 Å². The van der Waals surface area contributed by atoms with E-state index in [4.69, 9.17) is 4.74 Å². The molecular weight excluding hydrogens is 418 g/mol. The minimum atomic E-state index is -0.739. The van der Waals surface area contributed by atoms with Gasteiger partial charge in [0.2, 0.25) is 0 Å². The van der Waals surface area contributed by atoms with Crippen LogP contribution in [0.25, 0.3) is 16.8 Å². The lowest BCUT2D eigenvalue weighted by atomic mass is 10.0. The van der Waals surface area contributed by atoms with Crippen molar-refractivity contribution < 1.29 is 14.3 Å². The number of ether oxygens (including phenoxy) is 1. The van der Waals surface area contributed by atoms with Crippen LogP contribution in [0.1, 0.15) is 27.8 Å². The van der Waals surface area contributed by atoms with Crippen molar-refractivity contribution in [3.05, 3.63) is 113 Å². The molecule has 0 unspecified atom stereocenters. The number of carbonyl (C=O) groups is 2. The van der Waals surface area contributed by atoms with E-state index >= 15 is 0 Å². The molecule has 0 aliphatic carbocycles. The predicted octanol–water partition coefficient (Wildman–Crippen LogP) is 4.33. The van der Waals surface area contributed by atoms with Gasteiger partial charge in [0, 0.05) is 11.6 Å². The number of amides is 1. The number of hydrogen-bond acceptors (Lipinski definition) is 5. The molecule has 1 amide bonds. The molecule has 7 heteroatoms. The minimum Gasteiger partial charge on any atom is -0.461 e. The minimum absolute atomic E-state index is 0.0113. The first-order valence-corrected chi connectivity index (χ1v) is 10.4. The molecule has 0 spiro atoms. The van der Waals surface area contributed by atoms with E-state index in [0.29, 0.717) is 11.3 Å². The number of esters is 1. The van der Waals surface area contributed by atoms with E-state index in [9.17, 15) is 14.4 Å². The Morgan fingerprint density at radius 2 is 1.48 bits per heavy atom. The second-order valence-electron chi connectivity index (χ2n) is 7.11. The first kappa shape index (κ1) is 21.7. The number of aromatic nitrogens is 2. The Bertz CT molecular complexity index is 1330. The Balaban J connectivity index is 1.65. The summed E-state index contributed by atoms with van der Waals surface area (Å²) in [7, 11) is 0. The molecule has 0 aliphatic heterocycles. The van der Waals surface area contributed by atoms with Crippen LogP contribution in [-0.4, -0.2) is 28.3 Å². The topological polar surface area (TPSA) is 90.3 Å². The molecule has 0 radical (unpaired) electrons. The number of anilines is 1. The molecule has 0 aliphatic rings. The first-order chi connectivity index (χ1) is 16.1. The Kier molecular flexibility index (Phi) is 6.40. The fraction of sp³-hybridized carbons (Fsp3) is 0.0769. The zero-order valence-corrected chi connectivity index (χ0v) is 17.9. The molecule has 0 bridgehead atoms. The highest BCUT2D eigenvalue weighted by Gasteiger charge is 2.20. The van der Waals surface area contributed by atoms with Gasteiger partial charge in [-0.3, -0.25) is 9.59 Å². The molecule has 3 aromatic carbocycles. The molecule has 1 aromatic heterocycles. The zero-order chi connectivity index (χ0) is 23.2. The summed E-state index contributed by atoms with van der Waals surface area (Å²) in [5.74, 6) is -1.21. The van der Waals surface area contributed by atoms with Gasteiger partial charge in [-0.25, -0.2) is 4.79 Å². The zero-order valence-electron chi connectivity index (χ0n) is 17.9. The normalized spacial score (nSPS) is 10.5. The van der Waals surface area contributed by atoms with Gasteiger partial charge in [-0.1, -0.05) is 60.7 Å². The molecule has 7 nitrogen and oxygen atoms in total. The molecule has 4 aromatic rings. The van der Waals surface area contributed by atoms with Crippen molar-refractivity contribution in [1.29, 1.82) is 0 Å². The van der Waals surface area contributed by atoms with Crippen LogP contribution in [0.3, 0.4) is 0 Å². The molecule has 0 fully saturated rings. The van der Waals surface area contributed by atoms with Crippen LogP contribution in [0.15, 0.2) is 95.8 Å². The Hall–Kier alpha value is -4.52. The maximum atomic E-state index is 12.9. The summed E-state index contributed by atoms with van der Waals surface area (Å²) in [6.07, 6.45) is 0. The summed E-state index contributed by atoms with van der Waals surface area (Å²) in [6, 6.07) is 26.7. The first-order valence-electron chi connectivity index (χ1n) is 10.4. The third-order valence-corrected chi connectivity index (χ3v) is 4.90. The van der Waals surface area contributed by atoms with E-state index in [1.807, 2.05) is 42.5 Å². The summed E-state index contributed by atoms with van der Waals surface area (Å²) in [5.41, 5.74) is 2.19. The van der Waals surface area contributed by atoms with Crippen molar-refractivity contribution in [2.75, 3.05) is 11.9 Å². The summed E-state index contributed by atoms with van der Waals surface area (Å²) in [4.78, 5) is 38.1. The van der Waals surface area contributed by atoms with E-state index in [-0.39, 0.29) is 18.0 Å². The van der Waals surface area contributed by atoms with Gasteiger partial charge in [-0.05, 0) is 42.3 Å². The van der Waals surface area contributed by atoms with E-state index in [2.05, 4.69) is 10.4 Å². The van der Waals surface area contributed by atoms with E-state index < -0.39 is 17.4 Å². The number of rotatable bonds is 6. The maximum Gasteiger partial charge on any atom is 0.360 e. The van der Waals surface area contributed by atoms with Crippen LogP contribution in [0.2, 0.25) is 0 Å². The third-order valence-electron chi connectivity index (χ3n) is 4.90. The summed E-state index contributed by atoms with van der Waals surface area (Å²) in [5, 5.41) is 6.81. The molecular formula is C26H21N3O4. The molecule has 1 N–H and O–H groups in total. The number of nitrogens with zero attached hydrogens (tertiary/aromatic N) is 2. The van der Waals surface area contributed by atoms with Crippen molar-refractivity contribution in [2.24, 2.45) is 0 Å². The lowest BCUT2D eigenvalue weighted by Gasteiger charge is -2.12. The maximum absolute atomic E-state index is 12.9. The van der Waals surface area contributed by atoms with Gasteiger partial charge in [0.15, 0.2) is 5.69 Å². The van der Waals surface area contributed by atoms with Crippen LogP contribution in [0.5, 0.6) is 0 Å². The van der Waals surface area contributed by atoms with Gasteiger partial charge >= 0.3 is 5.97 Å². The van der Waals surface area contributed by atoms with Gasteiger partial charge in [-0.2, -0.15) is 9.78 Å². The average Bonchev–Trinajstić information content (AvgIpc) is 2.85. The van der Waals surface area contributed by atoms with Gasteiger partial charge in [0.05, 0.1) is 18.0 Å². The number of hydrogen-bond donors (Lipinski definition) is 1. The SMILES string of the molecule is CCOC(=O)c1nn(-c2ccccc2)c(=O)cc1NC(=O)c1ccc(-c2ccccc2)cc1.